The third kappa shape index (κ3) is 7.40. The number of hydrogen-bond acceptors (Lipinski definition) is 3. The first-order valence-electron chi connectivity index (χ1n) is 10.3. The lowest BCUT2D eigenvalue weighted by Crippen LogP contribution is -2.50. The summed E-state index contributed by atoms with van der Waals surface area (Å²) in [7, 11) is 0. The minimum Gasteiger partial charge on any atom is -0.481 e. The summed E-state index contributed by atoms with van der Waals surface area (Å²) in [6.07, 6.45) is 2.20. The van der Waals surface area contributed by atoms with Crippen LogP contribution in [0.5, 0.6) is 5.75 Å². The van der Waals surface area contributed by atoms with Crippen molar-refractivity contribution < 1.29 is 18.7 Å². The molecular formula is C23H27Cl2FN2O3. The maximum absolute atomic E-state index is 13.9. The molecule has 2 aromatic carbocycles. The minimum atomic E-state index is -0.706. The molecule has 0 fully saturated rings. The first kappa shape index (κ1) is 25.0. The van der Waals surface area contributed by atoms with Gasteiger partial charge in [0.2, 0.25) is 5.91 Å². The van der Waals surface area contributed by atoms with E-state index in [2.05, 4.69) is 5.32 Å². The van der Waals surface area contributed by atoms with Crippen molar-refractivity contribution in [2.45, 2.75) is 45.7 Å². The third-order valence-corrected chi connectivity index (χ3v) is 5.48. The Kier molecular flexibility index (Phi) is 10.1. The second-order valence-electron chi connectivity index (χ2n) is 7.06. The number of nitrogens with one attached hydrogen (secondary N) is 1. The van der Waals surface area contributed by atoms with E-state index in [1.807, 2.05) is 13.8 Å². The predicted octanol–water partition coefficient (Wildman–Crippen LogP) is 5.24. The topological polar surface area (TPSA) is 58.6 Å². The molecule has 0 aliphatic rings. The Labute approximate surface area is 192 Å². The lowest BCUT2D eigenvalue weighted by Gasteiger charge is -2.30. The van der Waals surface area contributed by atoms with Gasteiger partial charge in [-0.05, 0) is 42.7 Å². The molecule has 31 heavy (non-hydrogen) atoms. The fraction of sp³-hybridized carbons (Fsp3) is 0.391. The van der Waals surface area contributed by atoms with Gasteiger partial charge >= 0.3 is 0 Å². The zero-order valence-electron chi connectivity index (χ0n) is 17.7. The highest BCUT2D eigenvalue weighted by Crippen LogP contribution is 2.24. The van der Waals surface area contributed by atoms with Crippen molar-refractivity contribution in [3.05, 3.63) is 63.9 Å². The van der Waals surface area contributed by atoms with Crippen LogP contribution in [0.3, 0.4) is 0 Å². The Morgan fingerprint density at radius 1 is 1.13 bits per heavy atom. The number of carbonyl (C=O) groups is 2. The molecule has 1 N–H and O–H groups in total. The second kappa shape index (κ2) is 12.5. The van der Waals surface area contributed by atoms with Gasteiger partial charge in [-0.2, -0.15) is 0 Å². The molecule has 0 saturated carbocycles. The van der Waals surface area contributed by atoms with Crippen LogP contribution in [0.25, 0.3) is 0 Å². The lowest BCUT2D eigenvalue weighted by atomic mass is 10.1. The van der Waals surface area contributed by atoms with Crippen molar-refractivity contribution >= 4 is 35.0 Å². The molecule has 0 aromatic heterocycles. The average molecular weight is 469 g/mol. The standard InChI is InChI=1S/C23H27Cl2FN2O3/c1-3-5-12-27-23(30)20(4-2)28(14-16-10-11-17(24)18(25)13-16)22(29)15-31-21-9-7-6-8-19(21)26/h6-11,13,20H,3-5,12,14-15H2,1-2H3,(H,27,30)/t20-/m0/s1. The molecular weight excluding hydrogens is 442 g/mol. The van der Waals surface area contributed by atoms with Crippen LogP contribution in [0, 0.1) is 5.82 Å². The maximum Gasteiger partial charge on any atom is 0.261 e. The fourth-order valence-corrected chi connectivity index (χ4v) is 3.37. The number of hydrogen-bond donors (Lipinski definition) is 1. The molecule has 0 aliphatic carbocycles. The van der Waals surface area contributed by atoms with Crippen molar-refractivity contribution in [2.24, 2.45) is 0 Å². The molecule has 2 aromatic rings. The molecule has 2 rings (SSSR count). The highest BCUT2D eigenvalue weighted by atomic mass is 35.5. The quantitative estimate of drug-likeness (QED) is 0.459. The number of halogens is 3. The van der Waals surface area contributed by atoms with E-state index in [4.69, 9.17) is 27.9 Å². The van der Waals surface area contributed by atoms with Gasteiger partial charge in [0.25, 0.3) is 5.91 Å². The van der Waals surface area contributed by atoms with Gasteiger partial charge in [0.05, 0.1) is 10.0 Å². The summed E-state index contributed by atoms with van der Waals surface area (Å²) in [4.78, 5) is 27.3. The number of rotatable bonds is 11. The van der Waals surface area contributed by atoms with Crippen LogP contribution in [0.15, 0.2) is 42.5 Å². The van der Waals surface area contributed by atoms with Crippen LogP contribution < -0.4 is 10.1 Å². The summed E-state index contributed by atoms with van der Waals surface area (Å²) in [5, 5.41) is 3.63. The summed E-state index contributed by atoms with van der Waals surface area (Å²) >= 11 is 12.1. The molecule has 8 heteroatoms. The van der Waals surface area contributed by atoms with Crippen LogP contribution in [0.4, 0.5) is 4.39 Å². The largest absolute Gasteiger partial charge is 0.481 e. The van der Waals surface area contributed by atoms with Gasteiger partial charge < -0.3 is 15.0 Å². The minimum absolute atomic E-state index is 0.0224. The predicted molar refractivity (Wildman–Crippen MR) is 121 cm³/mol. The van der Waals surface area contributed by atoms with E-state index in [1.54, 1.807) is 24.3 Å². The van der Waals surface area contributed by atoms with Crippen LogP contribution in [0.2, 0.25) is 10.0 Å². The normalized spacial score (nSPS) is 11.6. The van der Waals surface area contributed by atoms with Crippen LogP contribution in [0.1, 0.15) is 38.7 Å². The van der Waals surface area contributed by atoms with Crippen LogP contribution in [-0.2, 0) is 16.1 Å². The second-order valence-corrected chi connectivity index (χ2v) is 7.87. The van der Waals surface area contributed by atoms with Crippen molar-refractivity contribution in [3.63, 3.8) is 0 Å². The number of benzene rings is 2. The van der Waals surface area contributed by atoms with E-state index < -0.39 is 24.4 Å². The maximum atomic E-state index is 13.9. The molecule has 0 aliphatic heterocycles. The average Bonchev–Trinajstić information content (AvgIpc) is 2.75. The van der Waals surface area contributed by atoms with Crippen molar-refractivity contribution in [2.75, 3.05) is 13.2 Å². The summed E-state index contributed by atoms with van der Waals surface area (Å²) in [6.45, 7) is 4.13. The van der Waals surface area contributed by atoms with Gasteiger partial charge in [0.1, 0.15) is 6.04 Å². The van der Waals surface area contributed by atoms with E-state index in [9.17, 15) is 14.0 Å². The number of nitrogens with zero attached hydrogens (tertiary/aromatic N) is 1. The first-order chi connectivity index (χ1) is 14.9. The van der Waals surface area contributed by atoms with Gasteiger partial charge in [-0.15, -0.1) is 0 Å². The molecule has 0 saturated heterocycles. The highest BCUT2D eigenvalue weighted by molar-refractivity contribution is 6.42. The molecule has 168 valence electrons. The highest BCUT2D eigenvalue weighted by Gasteiger charge is 2.29. The van der Waals surface area contributed by atoms with E-state index in [1.165, 1.54) is 23.1 Å². The number of carbonyl (C=O) groups excluding carboxylic acids is 2. The third-order valence-electron chi connectivity index (χ3n) is 4.74. The van der Waals surface area contributed by atoms with Crippen molar-refractivity contribution in [1.29, 1.82) is 0 Å². The van der Waals surface area contributed by atoms with Gasteiger partial charge in [-0.3, -0.25) is 9.59 Å². The molecule has 2 amide bonds. The Morgan fingerprint density at radius 2 is 1.87 bits per heavy atom. The molecule has 0 heterocycles. The molecule has 0 radical (unpaired) electrons. The Bertz CT molecular complexity index is 895. The first-order valence-corrected chi connectivity index (χ1v) is 11.0. The van der Waals surface area contributed by atoms with Gasteiger partial charge in [-0.25, -0.2) is 4.39 Å². The Balaban J connectivity index is 2.22. The molecule has 0 bridgehead atoms. The monoisotopic (exact) mass is 468 g/mol. The zero-order chi connectivity index (χ0) is 22.8. The molecule has 1 atom stereocenters. The van der Waals surface area contributed by atoms with Gasteiger partial charge in [0.15, 0.2) is 18.2 Å². The van der Waals surface area contributed by atoms with E-state index in [0.29, 0.717) is 28.6 Å². The zero-order valence-corrected chi connectivity index (χ0v) is 19.2. The summed E-state index contributed by atoms with van der Waals surface area (Å²) in [5.41, 5.74) is 0.716. The molecule has 0 unspecified atom stereocenters. The smallest absolute Gasteiger partial charge is 0.261 e. The fourth-order valence-electron chi connectivity index (χ4n) is 3.04. The van der Waals surface area contributed by atoms with Crippen molar-refractivity contribution in [1.82, 2.24) is 10.2 Å². The number of para-hydroxylation sites is 1. The Hall–Kier alpha value is -2.31. The van der Waals surface area contributed by atoms with E-state index in [0.717, 1.165) is 12.8 Å². The number of amides is 2. The molecule has 0 spiro atoms. The molecule has 5 nitrogen and oxygen atoms in total. The van der Waals surface area contributed by atoms with E-state index >= 15 is 0 Å². The number of ether oxygens (including phenoxy) is 1. The van der Waals surface area contributed by atoms with Crippen LogP contribution >= 0.6 is 23.2 Å². The van der Waals surface area contributed by atoms with Gasteiger partial charge in [-0.1, -0.05) is 61.7 Å². The number of unbranched alkanes of at least 4 members (excludes halogenated alkanes) is 1. The van der Waals surface area contributed by atoms with Crippen LogP contribution in [-0.4, -0.2) is 35.9 Å². The van der Waals surface area contributed by atoms with E-state index in [-0.39, 0.29) is 18.2 Å². The SMILES string of the molecule is CCCCNC(=O)[C@H](CC)N(Cc1ccc(Cl)c(Cl)c1)C(=O)COc1ccccc1F. The summed E-state index contributed by atoms with van der Waals surface area (Å²) in [6, 6.07) is 10.2. The Morgan fingerprint density at radius 3 is 2.52 bits per heavy atom. The van der Waals surface area contributed by atoms with Crippen molar-refractivity contribution in [3.8, 4) is 5.75 Å². The summed E-state index contributed by atoms with van der Waals surface area (Å²) in [5.74, 6) is -1.26. The van der Waals surface area contributed by atoms with Gasteiger partial charge in [0, 0.05) is 13.1 Å². The summed E-state index contributed by atoms with van der Waals surface area (Å²) < 4.78 is 19.2. The lowest BCUT2D eigenvalue weighted by molar-refractivity contribution is -0.143.